The molecule has 3 nitrogen and oxygen atoms in total. The van der Waals surface area contributed by atoms with E-state index in [0.717, 1.165) is 11.0 Å². The van der Waals surface area contributed by atoms with E-state index in [1.165, 1.54) is 0 Å². The summed E-state index contributed by atoms with van der Waals surface area (Å²) in [7, 11) is 1.97. The van der Waals surface area contributed by atoms with Crippen molar-refractivity contribution in [1.29, 1.82) is 0 Å². The van der Waals surface area contributed by atoms with Gasteiger partial charge in [-0.3, -0.25) is 0 Å². The van der Waals surface area contributed by atoms with Crippen molar-refractivity contribution in [2.45, 2.75) is 0 Å². The molecule has 0 amide bonds. The molecule has 0 aliphatic carbocycles. The van der Waals surface area contributed by atoms with Gasteiger partial charge in [-0.1, -0.05) is 0 Å². The fourth-order valence-corrected chi connectivity index (χ4v) is 1.01. The van der Waals surface area contributed by atoms with Gasteiger partial charge in [0, 0.05) is 11.6 Å². The summed E-state index contributed by atoms with van der Waals surface area (Å²) in [5.74, 6) is 0. The molecule has 0 spiro atoms. The van der Waals surface area contributed by atoms with Crippen molar-refractivity contribution in [3.63, 3.8) is 0 Å². The lowest BCUT2D eigenvalue weighted by Gasteiger charge is -1.90. The Morgan fingerprint density at radius 1 is 1.50 bits per heavy atom. The van der Waals surface area contributed by atoms with E-state index >= 15 is 0 Å². The molecule has 0 fully saturated rings. The number of rotatable bonds is 0. The molecule has 2 aromatic heterocycles. The smallest absolute Gasteiger partial charge is 0.224 e. The van der Waals surface area contributed by atoms with Crippen molar-refractivity contribution in [3.8, 4) is 0 Å². The van der Waals surface area contributed by atoms with Crippen LogP contribution in [0.5, 0.6) is 0 Å². The maximum Gasteiger partial charge on any atom is 0.224 e. The first-order valence-corrected chi connectivity index (χ1v) is 3.09. The third kappa shape index (κ3) is 0.619. The molecule has 10 heavy (non-hydrogen) atoms. The van der Waals surface area contributed by atoms with E-state index in [0.29, 0.717) is 0 Å². The summed E-state index contributed by atoms with van der Waals surface area (Å²) in [4.78, 5) is 7.99. The van der Waals surface area contributed by atoms with Crippen LogP contribution in [0.2, 0.25) is 0 Å². The third-order valence-corrected chi connectivity index (χ3v) is 1.53. The quantitative estimate of drug-likeness (QED) is 0.464. The van der Waals surface area contributed by atoms with Crippen LogP contribution in [0.25, 0.3) is 11.0 Å². The molecule has 0 aliphatic heterocycles. The lowest BCUT2D eigenvalue weighted by molar-refractivity contribution is 1.17. The average Bonchev–Trinajstić information content (AvgIpc) is 2.34. The van der Waals surface area contributed by atoms with E-state index < -0.39 is 0 Å². The molecule has 2 heterocycles. The van der Waals surface area contributed by atoms with Crippen LogP contribution < -0.4 is 0 Å². The highest BCUT2D eigenvalue weighted by atomic mass is 15.0. The van der Waals surface area contributed by atoms with E-state index in [2.05, 4.69) is 9.97 Å². The van der Waals surface area contributed by atoms with E-state index in [-0.39, 0.29) is 0 Å². The molecular formula is C6H6BN3. The lowest BCUT2D eigenvalue weighted by Crippen LogP contribution is -1.89. The topological polar surface area (TPSA) is 30.7 Å². The van der Waals surface area contributed by atoms with Gasteiger partial charge in [-0.05, 0) is 12.3 Å². The van der Waals surface area contributed by atoms with Gasteiger partial charge in [0.25, 0.3) is 0 Å². The first-order valence-electron chi connectivity index (χ1n) is 3.09. The highest BCUT2D eigenvalue weighted by Crippen LogP contribution is 2.07. The number of aromatic nitrogens is 3. The third-order valence-electron chi connectivity index (χ3n) is 1.53. The van der Waals surface area contributed by atoms with Crippen LogP contribution in [0.4, 0.5) is 0 Å². The maximum atomic E-state index is 4.09. The molecule has 0 saturated carbocycles. The molecule has 0 unspecified atom stereocenters. The molecule has 0 radical (unpaired) electrons. The molecule has 4 heteroatoms. The summed E-state index contributed by atoms with van der Waals surface area (Å²) in [5, 5.41) is 1.09. The van der Waals surface area contributed by atoms with Crippen molar-refractivity contribution in [3.05, 3.63) is 24.8 Å². The van der Waals surface area contributed by atoms with Gasteiger partial charge in [-0.15, -0.1) is 0 Å². The zero-order valence-electron chi connectivity index (χ0n) is 5.65. The first-order chi connectivity index (χ1) is 4.88. The minimum absolute atomic E-state index is 0.981. The van der Waals surface area contributed by atoms with Gasteiger partial charge >= 0.3 is 0 Å². The summed E-state index contributed by atoms with van der Waals surface area (Å²) in [6, 6.07) is 2.00. The van der Waals surface area contributed by atoms with Crippen LogP contribution in [0.1, 0.15) is 0 Å². The molecule has 0 atom stereocenters. The van der Waals surface area contributed by atoms with Crippen molar-refractivity contribution < 1.29 is 0 Å². The second-order valence-corrected chi connectivity index (χ2v) is 2.23. The van der Waals surface area contributed by atoms with Crippen molar-refractivity contribution in [2.75, 3.05) is 0 Å². The molecule has 0 aliphatic rings. The second kappa shape index (κ2) is 1.83. The Hall–Kier alpha value is -1.32. The molecule has 0 N–H and O–H groups in total. The Morgan fingerprint density at radius 3 is 3.20 bits per heavy atom. The number of nitrogens with zero attached hydrogens (tertiary/aromatic N) is 3. The fraction of sp³-hybridized carbons (Fsp3) is 0. The molecule has 0 bridgehead atoms. The van der Waals surface area contributed by atoms with E-state index in [1.54, 1.807) is 6.33 Å². The molecule has 48 valence electrons. The molecular weight excluding hydrogens is 125 g/mol. The monoisotopic (exact) mass is 131 g/mol. The van der Waals surface area contributed by atoms with E-state index in [9.17, 15) is 0 Å². The zero-order valence-corrected chi connectivity index (χ0v) is 5.65. The summed E-state index contributed by atoms with van der Waals surface area (Å²) in [6.45, 7) is 0. The van der Waals surface area contributed by atoms with Crippen molar-refractivity contribution in [2.24, 2.45) is 0 Å². The standard InChI is InChI=1S/C6H6BN3/c7-10-2-1-5-3-8-4-9-6(5)10/h1-4H,7H2. The van der Waals surface area contributed by atoms with Crippen LogP contribution in [-0.4, -0.2) is 22.4 Å². The van der Waals surface area contributed by atoms with Gasteiger partial charge < -0.3 is 4.48 Å². The maximum absolute atomic E-state index is 4.09. The Morgan fingerprint density at radius 2 is 2.40 bits per heavy atom. The largest absolute Gasteiger partial charge is 0.384 e. The predicted octanol–water partition coefficient (Wildman–Crippen LogP) is -0.173. The highest BCUT2D eigenvalue weighted by molar-refractivity contribution is 6.10. The Kier molecular flexibility index (Phi) is 1.00. The zero-order chi connectivity index (χ0) is 6.97. The van der Waals surface area contributed by atoms with Crippen LogP contribution in [0.3, 0.4) is 0 Å². The van der Waals surface area contributed by atoms with Crippen LogP contribution in [0, 0.1) is 0 Å². The lowest BCUT2D eigenvalue weighted by atomic mass is 10.4. The Balaban J connectivity index is 2.93. The van der Waals surface area contributed by atoms with Gasteiger partial charge in [0.1, 0.15) is 12.0 Å². The van der Waals surface area contributed by atoms with Crippen LogP contribution in [0.15, 0.2) is 24.8 Å². The molecule has 2 aromatic rings. The fourth-order valence-electron chi connectivity index (χ4n) is 1.01. The van der Waals surface area contributed by atoms with E-state index in [4.69, 9.17) is 0 Å². The SMILES string of the molecule is Bn1ccc2cncnc21. The van der Waals surface area contributed by atoms with Gasteiger partial charge in [-0.25, -0.2) is 9.97 Å². The Labute approximate surface area is 59.1 Å². The molecule has 0 saturated heterocycles. The molecule has 0 aromatic carbocycles. The highest BCUT2D eigenvalue weighted by Gasteiger charge is 1.94. The van der Waals surface area contributed by atoms with Crippen LogP contribution in [-0.2, 0) is 0 Å². The number of fused-ring (bicyclic) bond motifs is 1. The summed E-state index contributed by atoms with van der Waals surface area (Å²) >= 11 is 0. The van der Waals surface area contributed by atoms with Gasteiger partial charge in [0.2, 0.25) is 7.98 Å². The van der Waals surface area contributed by atoms with E-state index in [1.807, 2.05) is 30.9 Å². The second-order valence-electron chi connectivity index (χ2n) is 2.23. The van der Waals surface area contributed by atoms with Gasteiger partial charge in [0.15, 0.2) is 0 Å². The summed E-state index contributed by atoms with van der Waals surface area (Å²) in [6.07, 6.45) is 5.34. The van der Waals surface area contributed by atoms with Crippen molar-refractivity contribution >= 4 is 19.0 Å². The normalized spacial score (nSPS) is 10.4. The first kappa shape index (κ1) is 5.47. The minimum atomic E-state index is 0.981. The average molecular weight is 131 g/mol. The minimum Gasteiger partial charge on any atom is -0.384 e. The van der Waals surface area contributed by atoms with Crippen LogP contribution >= 0.6 is 0 Å². The van der Waals surface area contributed by atoms with Gasteiger partial charge in [0.05, 0.1) is 0 Å². The molecule has 2 rings (SSSR count). The number of hydrogen-bond acceptors (Lipinski definition) is 2. The number of hydrogen-bond donors (Lipinski definition) is 0. The predicted molar refractivity (Wildman–Crippen MR) is 41.5 cm³/mol. The Bertz CT molecular complexity index is 355. The van der Waals surface area contributed by atoms with Gasteiger partial charge in [-0.2, -0.15) is 0 Å². The van der Waals surface area contributed by atoms with Crippen molar-refractivity contribution in [1.82, 2.24) is 14.4 Å². The summed E-state index contributed by atoms with van der Waals surface area (Å²) in [5.41, 5.74) is 0.981. The summed E-state index contributed by atoms with van der Waals surface area (Å²) < 4.78 is 1.97.